The van der Waals surface area contributed by atoms with Gasteiger partial charge >= 0.3 is 5.97 Å². The van der Waals surface area contributed by atoms with E-state index in [-0.39, 0.29) is 53.7 Å². The largest absolute Gasteiger partial charge is 0.493 e. The Morgan fingerprint density at radius 1 is 0.912 bits per heavy atom. The van der Waals surface area contributed by atoms with E-state index in [0.717, 1.165) is 32.6 Å². The van der Waals surface area contributed by atoms with Gasteiger partial charge in [-0.15, -0.1) is 0 Å². The van der Waals surface area contributed by atoms with Crippen molar-refractivity contribution in [1.29, 1.82) is 0 Å². The maximum atomic E-state index is 14.0. The van der Waals surface area contributed by atoms with Crippen molar-refractivity contribution in [3.63, 3.8) is 0 Å². The molecule has 5 amide bonds. The molecule has 2 fully saturated rings. The van der Waals surface area contributed by atoms with Gasteiger partial charge in [0.25, 0.3) is 17.7 Å². The third-order valence-electron chi connectivity index (χ3n) is 13.3. The maximum Gasteiger partial charge on any atom is 0.352 e. The summed E-state index contributed by atoms with van der Waals surface area (Å²) in [5, 5.41) is 20.5. The standard InChI is InChI=1S/C50H49ClFN7O9/c1-27-41(28(2)55(4)54-27)43-36(51)16-15-34-33(10-7-25-67-38-11-5-8-30-26-31(52)13-14-32(30)38)45(50(65)66)58(44(34)43)24-21-56-19-22-57(23-20-56)47(62)29(3)68-39-12-6-9-35-42(39)49(64)59(48(35)63)37-17-18-40(60)53-46(37)61/h5-6,8-9,11-16,26,29,37H,7,10,17-25H2,1-4H3,(H,65,66)(H,53,60,61)/t29-,37+/m0/s1. The van der Waals surface area contributed by atoms with Gasteiger partial charge in [-0.3, -0.25) is 43.8 Å². The van der Waals surface area contributed by atoms with Crippen LogP contribution < -0.4 is 14.8 Å². The van der Waals surface area contributed by atoms with Crippen LogP contribution in [0.2, 0.25) is 5.02 Å². The third kappa shape index (κ3) is 8.33. The fraction of sp³-hybridized carbons (Fsp3) is 0.340. The number of nitrogens with one attached hydrogen (secondary N) is 1. The molecular formula is C50H49ClFN7O9. The van der Waals surface area contributed by atoms with Crippen LogP contribution in [0.4, 0.5) is 4.39 Å². The number of halogens is 2. The number of carboxylic acid groups (broad SMARTS) is 1. The van der Waals surface area contributed by atoms with E-state index < -0.39 is 41.7 Å². The fourth-order valence-electron chi connectivity index (χ4n) is 9.88. The molecule has 0 spiro atoms. The predicted octanol–water partition coefficient (Wildman–Crippen LogP) is 6.33. The molecule has 5 heterocycles. The van der Waals surface area contributed by atoms with Crippen LogP contribution in [0, 0.1) is 19.7 Å². The third-order valence-corrected chi connectivity index (χ3v) is 13.6. The van der Waals surface area contributed by atoms with Gasteiger partial charge in [-0.2, -0.15) is 5.10 Å². The second-order valence-corrected chi connectivity index (χ2v) is 17.8. The number of rotatable bonds is 14. The Balaban J connectivity index is 0.912. The normalized spacial score (nSPS) is 17.0. The molecule has 4 aromatic carbocycles. The van der Waals surface area contributed by atoms with Gasteiger partial charge in [-0.1, -0.05) is 35.9 Å². The minimum atomic E-state index is -1.14. The summed E-state index contributed by atoms with van der Waals surface area (Å²) in [5.41, 5.74) is 4.64. The molecule has 18 heteroatoms. The van der Waals surface area contributed by atoms with Crippen molar-refractivity contribution < 1.29 is 47.7 Å². The number of piperidine rings is 1. The summed E-state index contributed by atoms with van der Waals surface area (Å²) >= 11 is 7.06. The van der Waals surface area contributed by atoms with Crippen molar-refractivity contribution >= 4 is 68.8 Å². The number of carbonyl (C=O) groups is 6. The van der Waals surface area contributed by atoms with Crippen molar-refractivity contribution in [2.24, 2.45) is 7.05 Å². The number of benzene rings is 4. The molecule has 9 rings (SSSR count). The van der Waals surface area contributed by atoms with Crippen LogP contribution in [0.3, 0.4) is 0 Å². The van der Waals surface area contributed by atoms with E-state index in [1.807, 2.05) is 43.7 Å². The van der Waals surface area contributed by atoms with Crippen LogP contribution in [0.25, 0.3) is 32.8 Å². The van der Waals surface area contributed by atoms with Gasteiger partial charge in [0.2, 0.25) is 11.8 Å². The number of hydrogen-bond donors (Lipinski definition) is 2. The lowest BCUT2D eigenvalue weighted by Gasteiger charge is -2.36. The highest BCUT2D eigenvalue weighted by Crippen LogP contribution is 2.42. The molecule has 3 aliphatic heterocycles. The molecule has 0 saturated carbocycles. The van der Waals surface area contributed by atoms with Gasteiger partial charge in [0, 0.05) is 80.3 Å². The summed E-state index contributed by atoms with van der Waals surface area (Å²) in [7, 11) is 1.85. The molecule has 0 radical (unpaired) electrons. The van der Waals surface area contributed by atoms with Crippen LogP contribution in [0.15, 0.2) is 66.7 Å². The molecule has 16 nitrogen and oxygen atoms in total. The summed E-state index contributed by atoms with van der Waals surface area (Å²) in [5.74, 6) is -3.72. The smallest absolute Gasteiger partial charge is 0.352 e. The molecule has 0 bridgehead atoms. The van der Waals surface area contributed by atoms with E-state index in [1.165, 1.54) is 24.3 Å². The number of fused-ring (bicyclic) bond motifs is 3. The number of piperazine rings is 1. The zero-order valence-corrected chi connectivity index (χ0v) is 38.7. The summed E-state index contributed by atoms with van der Waals surface area (Å²) in [6.45, 7) is 8.11. The number of amides is 5. The highest BCUT2D eigenvalue weighted by molar-refractivity contribution is 6.35. The lowest BCUT2D eigenvalue weighted by atomic mass is 9.98. The number of hydrogen-bond acceptors (Lipinski definition) is 10. The Kier molecular flexibility index (Phi) is 12.5. The Morgan fingerprint density at radius 3 is 2.37 bits per heavy atom. The Labute approximate surface area is 395 Å². The minimum absolute atomic E-state index is 0.00675. The number of ether oxygens (including phenoxy) is 2. The van der Waals surface area contributed by atoms with Crippen molar-refractivity contribution in [1.82, 2.24) is 34.4 Å². The number of imide groups is 2. The van der Waals surface area contributed by atoms with Gasteiger partial charge < -0.3 is 24.0 Å². The lowest BCUT2D eigenvalue weighted by molar-refractivity contribution is -0.140. The van der Waals surface area contributed by atoms with Gasteiger partial charge in [0.15, 0.2) is 6.10 Å². The van der Waals surface area contributed by atoms with Crippen molar-refractivity contribution in [2.45, 2.75) is 65.1 Å². The van der Waals surface area contributed by atoms with Crippen LogP contribution in [-0.2, 0) is 34.4 Å². The SMILES string of the molecule is Cc1nn(C)c(C)c1-c1c(Cl)ccc2c(CCCOc3cccc4cc(F)ccc34)c(C(=O)O)n(CCN3CCN(C(=O)[C@H](C)Oc4cccc5c4C(=O)N([C@@H]4CCC(=O)NC4=O)C5=O)CC3)c12. The monoisotopic (exact) mass is 945 g/mol. The van der Waals surface area contributed by atoms with Crippen molar-refractivity contribution in [3.8, 4) is 22.6 Å². The Bertz CT molecular complexity index is 3080. The van der Waals surface area contributed by atoms with E-state index in [9.17, 15) is 38.3 Å². The van der Waals surface area contributed by atoms with E-state index >= 15 is 0 Å². The lowest BCUT2D eigenvalue weighted by Crippen LogP contribution is -2.54. The van der Waals surface area contributed by atoms with Crippen molar-refractivity contribution in [2.75, 3.05) is 39.3 Å². The van der Waals surface area contributed by atoms with Gasteiger partial charge in [0.1, 0.15) is 29.1 Å². The first-order valence-electron chi connectivity index (χ1n) is 22.5. The highest BCUT2D eigenvalue weighted by atomic mass is 35.5. The molecule has 2 aromatic heterocycles. The van der Waals surface area contributed by atoms with Crippen molar-refractivity contribution in [3.05, 3.63) is 111 Å². The van der Waals surface area contributed by atoms with Crippen LogP contribution >= 0.6 is 11.6 Å². The van der Waals surface area contributed by atoms with E-state index in [4.69, 9.17) is 21.1 Å². The number of carbonyl (C=O) groups excluding carboxylic acids is 5. The topological polar surface area (TPSA) is 186 Å². The molecule has 0 unspecified atom stereocenters. The molecule has 68 heavy (non-hydrogen) atoms. The van der Waals surface area contributed by atoms with E-state index in [0.29, 0.717) is 84.9 Å². The second-order valence-electron chi connectivity index (χ2n) is 17.4. The average molecular weight is 946 g/mol. The molecule has 0 aliphatic carbocycles. The number of nitrogens with zero attached hydrogens (tertiary/aromatic N) is 6. The average Bonchev–Trinajstić information content (AvgIpc) is 3.87. The summed E-state index contributed by atoms with van der Waals surface area (Å²) in [6.07, 6.45) is -0.176. The second kappa shape index (κ2) is 18.5. The maximum absolute atomic E-state index is 14.0. The quantitative estimate of drug-likeness (QED) is 0.0919. The first-order valence-corrected chi connectivity index (χ1v) is 22.9. The number of carboxylic acids is 1. The number of aromatic nitrogens is 3. The van der Waals surface area contributed by atoms with E-state index in [1.54, 1.807) is 40.8 Å². The van der Waals surface area contributed by atoms with Crippen LogP contribution in [-0.4, -0.2) is 121 Å². The number of aryl methyl sites for hydroxylation is 3. The van der Waals surface area contributed by atoms with E-state index in [2.05, 4.69) is 15.3 Å². The number of aromatic carboxylic acids is 1. The highest BCUT2D eigenvalue weighted by Gasteiger charge is 2.46. The molecule has 2 saturated heterocycles. The Hall–Kier alpha value is -7.11. The first kappa shape index (κ1) is 46.0. The first-order chi connectivity index (χ1) is 32.6. The van der Waals surface area contributed by atoms with Crippen LogP contribution in [0.5, 0.6) is 11.5 Å². The van der Waals surface area contributed by atoms with Gasteiger partial charge in [-0.05, 0) is 93.4 Å². The predicted molar refractivity (Wildman–Crippen MR) is 250 cm³/mol. The van der Waals surface area contributed by atoms with Gasteiger partial charge in [-0.25, -0.2) is 9.18 Å². The summed E-state index contributed by atoms with van der Waals surface area (Å²) < 4.78 is 29.9. The minimum Gasteiger partial charge on any atom is -0.493 e. The summed E-state index contributed by atoms with van der Waals surface area (Å²) in [4.78, 5) is 83.3. The van der Waals surface area contributed by atoms with Crippen LogP contribution in [0.1, 0.15) is 74.3 Å². The molecule has 2 atom stereocenters. The molecule has 352 valence electrons. The fourth-order valence-corrected chi connectivity index (χ4v) is 10.1. The zero-order chi connectivity index (χ0) is 48.1. The summed E-state index contributed by atoms with van der Waals surface area (Å²) in [6, 6.07) is 17.0. The molecular weight excluding hydrogens is 897 g/mol. The molecule has 6 aromatic rings. The van der Waals surface area contributed by atoms with Gasteiger partial charge in [0.05, 0.1) is 34.0 Å². The Morgan fingerprint density at radius 2 is 1.65 bits per heavy atom. The molecule has 3 aliphatic rings. The molecule has 2 N–H and O–H groups in total. The zero-order valence-electron chi connectivity index (χ0n) is 37.9.